The lowest BCUT2D eigenvalue weighted by Gasteiger charge is -2.61. The molecule has 0 unspecified atom stereocenters. The molecule has 0 aromatic carbocycles. The first kappa shape index (κ1) is 18.7. The zero-order chi connectivity index (χ0) is 18.9. The predicted molar refractivity (Wildman–Crippen MR) is 101 cm³/mol. The molecule has 0 saturated heterocycles. The molecule has 26 heavy (non-hydrogen) atoms. The van der Waals surface area contributed by atoms with E-state index in [-0.39, 0.29) is 23.5 Å². The molecule has 0 aromatic rings. The molecule has 4 saturated carbocycles. The van der Waals surface area contributed by atoms with Crippen molar-refractivity contribution in [2.45, 2.75) is 90.4 Å². The standard InChI is InChI=1S/C22H37NO3/c1-13(24)23(4)20-19(26)12-18-16-6-5-14-11-15(25)7-9-21(14,2)17(16)8-10-22(18,20)3/h14-20,25-26H,5-12H2,1-4H3/t14-,15-,16+,17-,18-,19-,20-,21-,22-/m0/s1. The van der Waals surface area contributed by atoms with Crippen molar-refractivity contribution in [3.05, 3.63) is 0 Å². The van der Waals surface area contributed by atoms with Crippen molar-refractivity contribution in [2.75, 3.05) is 7.05 Å². The van der Waals surface area contributed by atoms with Gasteiger partial charge in [-0.2, -0.15) is 0 Å². The molecule has 9 atom stereocenters. The van der Waals surface area contributed by atoms with E-state index < -0.39 is 6.10 Å². The third-order valence-corrected chi connectivity index (χ3v) is 9.53. The maximum atomic E-state index is 12.0. The highest BCUT2D eigenvalue weighted by molar-refractivity contribution is 5.73. The quantitative estimate of drug-likeness (QED) is 0.752. The molecule has 4 aliphatic rings. The van der Waals surface area contributed by atoms with E-state index in [4.69, 9.17) is 0 Å². The van der Waals surface area contributed by atoms with Crippen molar-refractivity contribution in [1.29, 1.82) is 0 Å². The van der Waals surface area contributed by atoms with Crippen molar-refractivity contribution in [2.24, 2.45) is 34.5 Å². The van der Waals surface area contributed by atoms with Gasteiger partial charge >= 0.3 is 0 Å². The molecule has 0 heterocycles. The number of fused-ring (bicyclic) bond motifs is 5. The summed E-state index contributed by atoms with van der Waals surface area (Å²) in [7, 11) is 1.87. The molecule has 4 aliphatic carbocycles. The van der Waals surface area contributed by atoms with Gasteiger partial charge in [-0.15, -0.1) is 0 Å². The molecule has 0 radical (unpaired) electrons. The van der Waals surface area contributed by atoms with E-state index in [1.54, 1.807) is 6.92 Å². The van der Waals surface area contributed by atoms with E-state index in [0.29, 0.717) is 23.2 Å². The Hall–Kier alpha value is -0.610. The van der Waals surface area contributed by atoms with Crippen LogP contribution in [0, 0.1) is 34.5 Å². The summed E-state index contributed by atoms with van der Waals surface area (Å²) < 4.78 is 0. The molecule has 4 fully saturated rings. The Bertz CT molecular complexity index is 580. The summed E-state index contributed by atoms with van der Waals surface area (Å²) in [6.07, 6.45) is 8.25. The minimum Gasteiger partial charge on any atom is -0.393 e. The summed E-state index contributed by atoms with van der Waals surface area (Å²) >= 11 is 0. The van der Waals surface area contributed by atoms with E-state index in [9.17, 15) is 15.0 Å². The SMILES string of the molecule is CC(=O)N(C)[C@H]1[C@@H](O)C[C@H]2[C@@H]3CC[C@H]4C[C@@H](O)CC[C@]4(C)[C@H]3CC[C@]12C. The molecular weight excluding hydrogens is 326 g/mol. The van der Waals surface area contributed by atoms with Crippen LogP contribution >= 0.6 is 0 Å². The summed E-state index contributed by atoms with van der Waals surface area (Å²) in [5.41, 5.74) is 0.400. The Morgan fingerprint density at radius 1 is 0.962 bits per heavy atom. The Morgan fingerprint density at radius 2 is 1.65 bits per heavy atom. The monoisotopic (exact) mass is 363 g/mol. The normalized spacial score (nSPS) is 53.4. The number of rotatable bonds is 1. The van der Waals surface area contributed by atoms with Crippen molar-refractivity contribution in [1.82, 2.24) is 4.90 Å². The fraction of sp³-hybridized carbons (Fsp3) is 0.955. The maximum absolute atomic E-state index is 12.0. The van der Waals surface area contributed by atoms with Gasteiger partial charge in [0.05, 0.1) is 18.2 Å². The molecular formula is C22H37NO3. The van der Waals surface area contributed by atoms with Gasteiger partial charge in [0.25, 0.3) is 0 Å². The van der Waals surface area contributed by atoms with Gasteiger partial charge in [0.1, 0.15) is 0 Å². The predicted octanol–water partition coefficient (Wildman–Crippen LogP) is 3.21. The van der Waals surface area contributed by atoms with Gasteiger partial charge in [0.2, 0.25) is 5.91 Å². The molecule has 0 aromatic heterocycles. The van der Waals surface area contributed by atoms with Gasteiger partial charge in [-0.05, 0) is 85.9 Å². The third kappa shape index (κ3) is 2.51. The molecule has 4 nitrogen and oxygen atoms in total. The molecule has 0 aliphatic heterocycles. The van der Waals surface area contributed by atoms with Crippen molar-refractivity contribution in [3.8, 4) is 0 Å². The number of aliphatic hydroxyl groups excluding tert-OH is 2. The van der Waals surface area contributed by atoms with Crippen molar-refractivity contribution < 1.29 is 15.0 Å². The zero-order valence-electron chi connectivity index (χ0n) is 16.9. The Kier molecular flexibility index (Phi) is 4.47. The fourth-order valence-electron chi connectivity index (χ4n) is 8.12. The lowest BCUT2D eigenvalue weighted by Crippen LogP contribution is -2.57. The highest BCUT2D eigenvalue weighted by atomic mass is 16.3. The Morgan fingerprint density at radius 3 is 2.35 bits per heavy atom. The second-order valence-corrected chi connectivity index (χ2v) is 10.5. The number of hydrogen-bond acceptors (Lipinski definition) is 3. The summed E-state index contributed by atoms with van der Waals surface area (Å²) in [4.78, 5) is 13.9. The van der Waals surface area contributed by atoms with E-state index in [2.05, 4.69) is 13.8 Å². The molecule has 2 N–H and O–H groups in total. The Balaban J connectivity index is 1.62. The topological polar surface area (TPSA) is 60.8 Å². The highest BCUT2D eigenvalue weighted by Gasteiger charge is 2.63. The Labute approximate surface area is 158 Å². The first-order valence-corrected chi connectivity index (χ1v) is 10.8. The molecule has 148 valence electrons. The van der Waals surface area contributed by atoms with Crippen LogP contribution in [0.5, 0.6) is 0 Å². The maximum Gasteiger partial charge on any atom is 0.219 e. The van der Waals surface area contributed by atoms with Crippen LogP contribution in [0.3, 0.4) is 0 Å². The zero-order valence-corrected chi connectivity index (χ0v) is 16.9. The van der Waals surface area contributed by atoms with Crippen LogP contribution < -0.4 is 0 Å². The minimum atomic E-state index is -0.392. The van der Waals surface area contributed by atoms with Crippen LogP contribution in [-0.4, -0.2) is 46.3 Å². The number of carbonyl (C=O) groups is 1. The second-order valence-electron chi connectivity index (χ2n) is 10.5. The summed E-state index contributed by atoms with van der Waals surface area (Å²) in [5.74, 6) is 2.65. The van der Waals surface area contributed by atoms with Crippen LogP contribution in [0.25, 0.3) is 0 Å². The van der Waals surface area contributed by atoms with E-state index in [1.807, 2.05) is 11.9 Å². The van der Waals surface area contributed by atoms with Gasteiger partial charge in [0.15, 0.2) is 0 Å². The van der Waals surface area contributed by atoms with Crippen LogP contribution in [-0.2, 0) is 4.79 Å². The fourth-order valence-corrected chi connectivity index (χ4v) is 8.12. The van der Waals surface area contributed by atoms with Gasteiger partial charge in [-0.3, -0.25) is 4.79 Å². The average Bonchev–Trinajstić information content (AvgIpc) is 2.85. The first-order valence-electron chi connectivity index (χ1n) is 10.8. The van der Waals surface area contributed by atoms with Crippen LogP contribution in [0.2, 0.25) is 0 Å². The van der Waals surface area contributed by atoms with Gasteiger partial charge in [-0.25, -0.2) is 0 Å². The third-order valence-electron chi connectivity index (χ3n) is 9.53. The molecule has 4 heteroatoms. The number of aliphatic hydroxyl groups is 2. The number of nitrogens with zero attached hydrogens (tertiary/aromatic N) is 1. The molecule has 0 bridgehead atoms. The molecule has 1 amide bonds. The summed E-state index contributed by atoms with van der Waals surface area (Å²) in [6.45, 7) is 6.45. The first-order chi connectivity index (χ1) is 12.2. The van der Waals surface area contributed by atoms with Crippen LogP contribution in [0.4, 0.5) is 0 Å². The largest absolute Gasteiger partial charge is 0.393 e. The molecule has 0 spiro atoms. The lowest BCUT2D eigenvalue weighted by atomic mass is 9.45. The smallest absolute Gasteiger partial charge is 0.219 e. The van der Waals surface area contributed by atoms with E-state index in [0.717, 1.165) is 38.0 Å². The van der Waals surface area contributed by atoms with E-state index in [1.165, 1.54) is 19.3 Å². The summed E-state index contributed by atoms with van der Waals surface area (Å²) in [6, 6.07) is -0.0374. The van der Waals surface area contributed by atoms with Gasteiger partial charge in [-0.1, -0.05) is 13.8 Å². The van der Waals surface area contributed by atoms with Crippen LogP contribution in [0.1, 0.15) is 72.1 Å². The molecule has 4 rings (SSSR count). The summed E-state index contributed by atoms with van der Waals surface area (Å²) in [5, 5.41) is 21.1. The van der Waals surface area contributed by atoms with E-state index >= 15 is 0 Å². The number of likely N-dealkylation sites (N-methyl/N-ethyl adjacent to an activating group) is 1. The number of hydrogen-bond donors (Lipinski definition) is 2. The highest BCUT2D eigenvalue weighted by Crippen LogP contribution is 2.66. The van der Waals surface area contributed by atoms with Gasteiger partial charge < -0.3 is 15.1 Å². The number of amides is 1. The van der Waals surface area contributed by atoms with Crippen molar-refractivity contribution >= 4 is 5.91 Å². The van der Waals surface area contributed by atoms with Gasteiger partial charge in [0, 0.05) is 14.0 Å². The second kappa shape index (κ2) is 6.20. The average molecular weight is 364 g/mol. The lowest BCUT2D eigenvalue weighted by molar-refractivity contribution is -0.143. The number of carbonyl (C=O) groups excluding carboxylic acids is 1. The van der Waals surface area contributed by atoms with Crippen molar-refractivity contribution in [3.63, 3.8) is 0 Å². The van der Waals surface area contributed by atoms with Crippen LogP contribution in [0.15, 0.2) is 0 Å². The minimum absolute atomic E-state index is 0.0374.